The van der Waals surface area contributed by atoms with Crippen LogP contribution >= 0.6 is 0 Å². The minimum atomic E-state index is 0. The largest absolute Gasteiger partial charge is 0.494 e. The fourth-order valence-electron chi connectivity index (χ4n) is 4.43. The van der Waals surface area contributed by atoms with Gasteiger partial charge >= 0.3 is 0 Å². The molecule has 2 aromatic rings. The zero-order valence-electron chi connectivity index (χ0n) is 18.9. The first-order valence-electron chi connectivity index (χ1n) is 11.5. The van der Waals surface area contributed by atoms with E-state index in [1.165, 1.54) is 49.1 Å². The molecule has 0 bridgehead atoms. The molecule has 0 spiro atoms. The molecule has 161 valence electrons. The zero-order valence-corrected chi connectivity index (χ0v) is 21.7. The molecule has 0 saturated carbocycles. The molecule has 1 heterocycles. The summed E-state index contributed by atoms with van der Waals surface area (Å²) in [6, 6.07) is 19.1. The van der Waals surface area contributed by atoms with Crippen LogP contribution in [0.4, 0.5) is 0 Å². The average Bonchev–Trinajstić information content (AvgIpc) is 2.79. The number of hydrogen-bond donors (Lipinski definition) is 0. The zero-order chi connectivity index (χ0) is 20.4. The summed E-state index contributed by atoms with van der Waals surface area (Å²) >= 11 is 0. The van der Waals surface area contributed by atoms with Gasteiger partial charge in [0.05, 0.1) is 39.4 Å². The van der Waals surface area contributed by atoms with Crippen molar-refractivity contribution in [2.24, 2.45) is 0 Å². The van der Waals surface area contributed by atoms with Crippen LogP contribution in [0, 0.1) is 0 Å². The normalized spacial score (nSPS) is 20.9. The molecule has 1 aliphatic rings. The Labute approximate surface area is 208 Å². The summed E-state index contributed by atoms with van der Waals surface area (Å²) in [5.74, 6) is 2.62. The fraction of sp³-hybridized carbons (Fsp3) is 0.538. The van der Waals surface area contributed by atoms with Crippen molar-refractivity contribution in [2.75, 3.05) is 39.4 Å². The summed E-state index contributed by atoms with van der Waals surface area (Å²) in [5, 5.41) is 0. The predicted molar refractivity (Wildman–Crippen MR) is 121 cm³/mol. The molecule has 0 N–H and O–H groups in total. The van der Waals surface area contributed by atoms with Gasteiger partial charge in [-0.05, 0) is 49.1 Å². The number of likely N-dealkylation sites (tertiary alicyclic amines) is 1. The van der Waals surface area contributed by atoms with Crippen molar-refractivity contribution < 1.29 is 46.7 Å². The summed E-state index contributed by atoms with van der Waals surface area (Å²) in [7, 11) is 0. The quantitative estimate of drug-likeness (QED) is 0.285. The maximum Gasteiger partial charge on any atom is 0.119 e. The van der Waals surface area contributed by atoms with Gasteiger partial charge in [-0.15, -0.1) is 0 Å². The van der Waals surface area contributed by atoms with E-state index in [4.69, 9.17) is 9.47 Å². The van der Waals surface area contributed by atoms with E-state index in [0.717, 1.165) is 49.9 Å². The molecule has 0 unspecified atom stereocenters. The number of benzene rings is 2. The summed E-state index contributed by atoms with van der Waals surface area (Å²) in [6.07, 6.45) is 5.97. The average molecular weight is 486 g/mol. The van der Waals surface area contributed by atoms with Crippen molar-refractivity contribution in [3.05, 3.63) is 60.2 Å². The Morgan fingerprint density at radius 2 is 1.37 bits per heavy atom. The molecule has 0 atom stereocenters. The monoisotopic (exact) mass is 485 g/mol. The summed E-state index contributed by atoms with van der Waals surface area (Å²) in [5.41, 5.74) is 1.52. The molecule has 3 nitrogen and oxygen atoms in total. The first kappa shape index (κ1) is 25.4. The van der Waals surface area contributed by atoms with Gasteiger partial charge in [-0.1, -0.05) is 43.7 Å². The third-order valence-electron chi connectivity index (χ3n) is 6.48. The van der Waals surface area contributed by atoms with E-state index in [1.54, 1.807) is 0 Å². The van der Waals surface area contributed by atoms with E-state index in [-0.39, 0.29) is 32.7 Å². The Hall–Kier alpha value is -0.896. The molecule has 3 rings (SSSR count). The fourth-order valence-corrected chi connectivity index (χ4v) is 4.43. The molecule has 2 aromatic carbocycles. The van der Waals surface area contributed by atoms with Crippen LogP contribution in [-0.2, 0) is 32.7 Å². The first-order valence-corrected chi connectivity index (χ1v) is 11.5. The van der Waals surface area contributed by atoms with Gasteiger partial charge in [-0.2, -0.15) is 0 Å². The van der Waals surface area contributed by atoms with Gasteiger partial charge in [0, 0.05) is 52.0 Å². The minimum absolute atomic E-state index is 0. The molecule has 0 amide bonds. The van der Waals surface area contributed by atoms with Gasteiger partial charge in [0.15, 0.2) is 0 Å². The molecular weight excluding hydrogens is 447 g/mol. The smallest absolute Gasteiger partial charge is 0.119 e. The second-order valence-electron chi connectivity index (χ2n) is 8.39. The van der Waals surface area contributed by atoms with E-state index >= 15 is 0 Å². The van der Waals surface area contributed by atoms with E-state index in [0.29, 0.717) is 0 Å². The Morgan fingerprint density at radius 1 is 0.800 bits per heavy atom. The van der Waals surface area contributed by atoms with Crippen LogP contribution in [0.3, 0.4) is 0 Å². The second kappa shape index (κ2) is 13.5. The van der Waals surface area contributed by atoms with Gasteiger partial charge in [0.1, 0.15) is 11.5 Å². The van der Waals surface area contributed by atoms with Crippen LogP contribution in [0.2, 0.25) is 0 Å². The summed E-state index contributed by atoms with van der Waals surface area (Å²) < 4.78 is 13.0. The Kier molecular flexibility index (Phi) is 11.4. The summed E-state index contributed by atoms with van der Waals surface area (Å²) in [6.45, 7) is 11.1. The maximum atomic E-state index is 5.99. The van der Waals surface area contributed by atoms with Gasteiger partial charge in [-0.3, -0.25) is 0 Å². The maximum absolute atomic E-state index is 5.99. The predicted octanol–water partition coefficient (Wildman–Crippen LogP) is 6.05. The molecule has 0 aliphatic carbocycles. The molecule has 1 radical (unpaired) electrons. The Balaban J connectivity index is 0.00000320. The van der Waals surface area contributed by atoms with E-state index < -0.39 is 0 Å². The minimum Gasteiger partial charge on any atom is -0.494 e. The van der Waals surface area contributed by atoms with Crippen LogP contribution < -0.4 is 9.47 Å². The SMILES string of the molecule is CCCCOc1ccc(OCCC[N+]2(CC)CCC(c3ccccc3)CC2)cc1.[Y]. The van der Waals surface area contributed by atoms with Crippen LogP contribution in [0.5, 0.6) is 11.5 Å². The first-order chi connectivity index (χ1) is 14.2. The summed E-state index contributed by atoms with van der Waals surface area (Å²) in [4.78, 5) is 0. The standard InChI is InChI=1S/C26H38NO2.Y/c1-3-5-21-28-25-12-14-26(15-13-25)29-22-9-18-27(4-2)19-16-24(17-20-27)23-10-7-6-8-11-23;/h6-8,10-15,24H,3-5,9,16-22H2,1-2H3;/q+1;. The number of nitrogens with zero attached hydrogens (tertiary/aromatic N) is 1. The van der Waals surface area contributed by atoms with Crippen LogP contribution in [0.15, 0.2) is 54.6 Å². The van der Waals surface area contributed by atoms with Crippen LogP contribution in [0.1, 0.15) is 57.4 Å². The molecule has 1 saturated heterocycles. The van der Waals surface area contributed by atoms with Crippen LogP contribution in [0.25, 0.3) is 0 Å². The number of ether oxygens (including phenoxy) is 2. The third kappa shape index (κ3) is 7.66. The second-order valence-corrected chi connectivity index (χ2v) is 8.39. The van der Waals surface area contributed by atoms with E-state index in [9.17, 15) is 0 Å². The van der Waals surface area contributed by atoms with Crippen molar-refractivity contribution in [3.63, 3.8) is 0 Å². The molecule has 1 aliphatic heterocycles. The Bertz CT molecular complexity index is 697. The Morgan fingerprint density at radius 3 is 1.90 bits per heavy atom. The van der Waals surface area contributed by atoms with Crippen molar-refractivity contribution in [1.82, 2.24) is 0 Å². The molecular formula is C26H38NO2Y+. The number of rotatable bonds is 11. The van der Waals surface area contributed by atoms with E-state index in [1.807, 2.05) is 24.3 Å². The molecule has 30 heavy (non-hydrogen) atoms. The number of quaternary nitrogens is 1. The number of unbranched alkanes of at least 4 members (excludes halogenated alkanes) is 1. The number of piperidine rings is 1. The van der Waals surface area contributed by atoms with E-state index in [2.05, 4.69) is 44.2 Å². The topological polar surface area (TPSA) is 18.5 Å². The molecule has 0 aromatic heterocycles. The van der Waals surface area contributed by atoms with Crippen molar-refractivity contribution in [1.29, 1.82) is 0 Å². The van der Waals surface area contributed by atoms with Crippen LogP contribution in [-0.4, -0.2) is 43.9 Å². The van der Waals surface area contributed by atoms with Gasteiger partial charge in [0.2, 0.25) is 0 Å². The van der Waals surface area contributed by atoms with Gasteiger partial charge < -0.3 is 14.0 Å². The van der Waals surface area contributed by atoms with Gasteiger partial charge in [-0.25, -0.2) is 0 Å². The molecule has 4 heteroatoms. The third-order valence-corrected chi connectivity index (χ3v) is 6.48. The van der Waals surface area contributed by atoms with Crippen molar-refractivity contribution in [2.45, 2.75) is 51.9 Å². The van der Waals surface area contributed by atoms with Gasteiger partial charge in [0.25, 0.3) is 0 Å². The molecule has 1 fully saturated rings. The number of hydrogen-bond acceptors (Lipinski definition) is 2. The van der Waals surface area contributed by atoms with Crippen molar-refractivity contribution >= 4 is 0 Å². The van der Waals surface area contributed by atoms with Crippen molar-refractivity contribution in [3.8, 4) is 11.5 Å².